The van der Waals surface area contributed by atoms with Crippen molar-refractivity contribution in [3.8, 4) is 0 Å². The lowest BCUT2D eigenvalue weighted by molar-refractivity contribution is 0.0635. The fourth-order valence-corrected chi connectivity index (χ4v) is 2.86. The van der Waals surface area contributed by atoms with Gasteiger partial charge in [-0.15, -0.1) is 5.10 Å². The van der Waals surface area contributed by atoms with Gasteiger partial charge in [-0.3, -0.25) is 5.32 Å². The van der Waals surface area contributed by atoms with E-state index >= 15 is 0 Å². The van der Waals surface area contributed by atoms with Gasteiger partial charge in [-0.25, -0.2) is 9.48 Å². The number of amides is 1. The average Bonchev–Trinajstić information content (AvgIpc) is 2.89. The molecule has 6 heteroatoms. The summed E-state index contributed by atoms with van der Waals surface area (Å²) in [4.78, 5) is 12.0. The van der Waals surface area contributed by atoms with E-state index in [0.717, 1.165) is 25.0 Å². The van der Waals surface area contributed by atoms with Gasteiger partial charge in [0.1, 0.15) is 5.60 Å². The van der Waals surface area contributed by atoms with Crippen molar-refractivity contribution in [2.75, 3.05) is 5.32 Å². The molecule has 122 valence electrons. The summed E-state index contributed by atoms with van der Waals surface area (Å²) in [6.45, 7) is 5.50. The average molecular weight is 314 g/mol. The number of benzene rings is 1. The standard InChI is InChI=1S/C17H22N4O2/c1-17(2,3)23-16(22)18-15-14-11-7-10-13(21(14)20-19-15)12-8-5-4-6-9-12/h4-6,8-9,13H,7,10-11H2,1-3H3,(H,18,22). The van der Waals surface area contributed by atoms with Gasteiger partial charge in [-0.1, -0.05) is 35.5 Å². The molecule has 0 saturated heterocycles. The van der Waals surface area contributed by atoms with Crippen LogP contribution >= 0.6 is 0 Å². The number of nitrogens with one attached hydrogen (secondary N) is 1. The Balaban J connectivity index is 1.82. The van der Waals surface area contributed by atoms with Crippen LogP contribution in [0.4, 0.5) is 10.6 Å². The van der Waals surface area contributed by atoms with Gasteiger partial charge in [0, 0.05) is 0 Å². The first-order valence-corrected chi connectivity index (χ1v) is 7.93. The highest BCUT2D eigenvalue weighted by Gasteiger charge is 2.27. The van der Waals surface area contributed by atoms with Crippen molar-refractivity contribution in [1.82, 2.24) is 15.0 Å². The molecule has 1 aliphatic rings. The molecule has 1 N–H and O–H groups in total. The molecule has 23 heavy (non-hydrogen) atoms. The van der Waals surface area contributed by atoms with E-state index in [1.807, 2.05) is 43.7 Å². The Bertz CT molecular complexity index is 688. The molecule has 0 fully saturated rings. The number of aromatic nitrogens is 3. The summed E-state index contributed by atoms with van der Waals surface area (Å²) in [6, 6.07) is 10.4. The fraction of sp³-hybridized carbons (Fsp3) is 0.471. The van der Waals surface area contributed by atoms with Crippen molar-refractivity contribution in [2.24, 2.45) is 0 Å². The summed E-state index contributed by atoms with van der Waals surface area (Å²) in [5.41, 5.74) is 1.63. The Labute approximate surface area is 135 Å². The lowest BCUT2D eigenvalue weighted by Crippen LogP contribution is -2.28. The van der Waals surface area contributed by atoms with Gasteiger partial charge >= 0.3 is 6.09 Å². The number of carbonyl (C=O) groups excluding carboxylic acids is 1. The van der Waals surface area contributed by atoms with Crippen LogP contribution in [-0.4, -0.2) is 26.7 Å². The molecule has 0 radical (unpaired) electrons. The van der Waals surface area contributed by atoms with E-state index in [1.165, 1.54) is 5.56 Å². The van der Waals surface area contributed by atoms with Crippen LogP contribution in [-0.2, 0) is 11.2 Å². The van der Waals surface area contributed by atoms with Crippen LogP contribution in [0.5, 0.6) is 0 Å². The van der Waals surface area contributed by atoms with Crippen molar-refractivity contribution in [1.29, 1.82) is 0 Å². The molecule has 1 aromatic heterocycles. The SMILES string of the molecule is CC(C)(C)OC(=O)Nc1nnn2c1CCCC2c1ccccc1. The van der Waals surface area contributed by atoms with Gasteiger partial charge < -0.3 is 4.74 Å². The van der Waals surface area contributed by atoms with Crippen LogP contribution in [0.15, 0.2) is 30.3 Å². The van der Waals surface area contributed by atoms with E-state index in [9.17, 15) is 4.79 Å². The zero-order valence-electron chi connectivity index (χ0n) is 13.7. The monoisotopic (exact) mass is 314 g/mol. The Hall–Kier alpha value is -2.37. The van der Waals surface area contributed by atoms with Crippen molar-refractivity contribution in [3.63, 3.8) is 0 Å². The molecule has 0 bridgehead atoms. The van der Waals surface area contributed by atoms with Crippen LogP contribution in [0.1, 0.15) is 50.9 Å². The predicted molar refractivity (Wildman–Crippen MR) is 87.4 cm³/mol. The minimum atomic E-state index is -0.538. The van der Waals surface area contributed by atoms with E-state index in [4.69, 9.17) is 4.74 Å². The number of nitrogens with zero attached hydrogens (tertiary/aromatic N) is 3. The molecular formula is C17H22N4O2. The third-order valence-corrected chi connectivity index (χ3v) is 3.78. The highest BCUT2D eigenvalue weighted by Crippen LogP contribution is 2.32. The van der Waals surface area contributed by atoms with Crippen molar-refractivity contribution in [3.05, 3.63) is 41.6 Å². The molecule has 1 aliphatic heterocycles. The van der Waals surface area contributed by atoms with Gasteiger partial charge in [-0.2, -0.15) is 0 Å². The van der Waals surface area contributed by atoms with E-state index in [2.05, 4.69) is 27.8 Å². The van der Waals surface area contributed by atoms with Crippen LogP contribution in [0.25, 0.3) is 0 Å². The first kappa shape index (κ1) is 15.5. The molecule has 0 aliphatic carbocycles. The molecule has 6 nitrogen and oxygen atoms in total. The summed E-state index contributed by atoms with van der Waals surface area (Å²) >= 11 is 0. The Morgan fingerprint density at radius 2 is 2.04 bits per heavy atom. The van der Waals surface area contributed by atoms with Gasteiger partial charge in [-0.05, 0) is 45.6 Å². The fourth-order valence-electron chi connectivity index (χ4n) is 2.86. The summed E-state index contributed by atoms with van der Waals surface area (Å²) in [7, 11) is 0. The number of anilines is 1. The normalized spacial score (nSPS) is 17.4. The molecule has 2 heterocycles. The van der Waals surface area contributed by atoms with Gasteiger partial charge in [0.05, 0.1) is 11.7 Å². The Kier molecular flexibility index (Phi) is 4.07. The smallest absolute Gasteiger partial charge is 0.413 e. The number of fused-ring (bicyclic) bond motifs is 1. The zero-order valence-corrected chi connectivity index (χ0v) is 13.7. The van der Waals surface area contributed by atoms with E-state index in [-0.39, 0.29) is 6.04 Å². The van der Waals surface area contributed by atoms with Gasteiger partial charge in [0.2, 0.25) is 0 Å². The first-order valence-electron chi connectivity index (χ1n) is 7.93. The predicted octanol–water partition coefficient (Wildman–Crippen LogP) is 3.55. The molecule has 1 amide bonds. The minimum absolute atomic E-state index is 0.168. The summed E-state index contributed by atoms with van der Waals surface area (Å²) in [5.74, 6) is 0.500. The quantitative estimate of drug-likeness (QED) is 0.920. The van der Waals surface area contributed by atoms with Crippen LogP contribution in [0.3, 0.4) is 0 Å². The van der Waals surface area contributed by atoms with Crippen molar-refractivity contribution < 1.29 is 9.53 Å². The van der Waals surface area contributed by atoms with Crippen molar-refractivity contribution >= 4 is 11.9 Å². The highest BCUT2D eigenvalue weighted by atomic mass is 16.6. The van der Waals surface area contributed by atoms with E-state index in [1.54, 1.807) is 0 Å². The second kappa shape index (κ2) is 6.02. The minimum Gasteiger partial charge on any atom is -0.444 e. The molecule has 3 rings (SSSR count). The first-order chi connectivity index (χ1) is 10.9. The molecule has 0 saturated carbocycles. The number of hydrogen-bond donors (Lipinski definition) is 1. The lowest BCUT2D eigenvalue weighted by Gasteiger charge is -2.24. The second-order valence-corrected chi connectivity index (χ2v) is 6.77. The number of hydrogen-bond acceptors (Lipinski definition) is 4. The maximum absolute atomic E-state index is 12.0. The summed E-state index contributed by atoms with van der Waals surface area (Å²) < 4.78 is 7.21. The van der Waals surface area contributed by atoms with Gasteiger partial charge in [0.15, 0.2) is 5.82 Å². The zero-order chi connectivity index (χ0) is 16.4. The molecule has 0 spiro atoms. The van der Waals surface area contributed by atoms with E-state index in [0.29, 0.717) is 5.82 Å². The topological polar surface area (TPSA) is 69.0 Å². The molecule has 2 aromatic rings. The number of rotatable bonds is 2. The summed E-state index contributed by atoms with van der Waals surface area (Å²) in [5, 5.41) is 11.1. The van der Waals surface area contributed by atoms with Gasteiger partial charge in [0.25, 0.3) is 0 Å². The van der Waals surface area contributed by atoms with Crippen LogP contribution < -0.4 is 5.32 Å². The van der Waals surface area contributed by atoms with Crippen molar-refractivity contribution in [2.45, 2.75) is 51.7 Å². The Morgan fingerprint density at radius 1 is 1.30 bits per heavy atom. The Morgan fingerprint density at radius 3 is 2.74 bits per heavy atom. The number of ether oxygens (including phenoxy) is 1. The third-order valence-electron chi connectivity index (χ3n) is 3.78. The molecule has 1 aromatic carbocycles. The maximum Gasteiger partial charge on any atom is 0.413 e. The second-order valence-electron chi connectivity index (χ2n) is 6.77. The highest BCUT2D eigenvalue weighted by molar-refractivity contribution is 5.84. The largest absolute Gasteiger partial charge is 0.444 e. The summed E-state index contributed by atoms with van der Waals surface area (Å²) in [6.07, 6.45) is 2.41. The molecular weight excluding hydrogens is 292 g/mol. The maximum atomic E-state index is 12.0. The van der Waals surface area contributed by atoms with Crippen LogP contribution in [0.2, 0.25) is 0 Å². The molecule has 1 unspecified atom stereocenters. The molecule has 1 atom stereocenters. The third kappa shape index (κ3) is 3.52. The van der Waals surface area contributed by atoms with E-state index < -0.39 is 11.7 Å². The van der Waals surface area contributed by atoms with Crippen LogP contribution in [0, 0.1) is 0 Å². The number of carbonyl (C=O) groups is 1. The lowest BCUT2D eigenvalue weighted by atomic mass is 9.96.